The molecule has 0 atom stereocenters. The smallest absolute Gasteiger partial charge is 0.227 e. The average Bonchev–Trinajstić information content (AvgIpc) is 3.55. The van der Waals surface area contributed by atoms with Crippen molar-refractivity contribution in [3.63, 3.8) is 0 Å². The Hall–Kier alpha value is -5.93. The molecule has 0 saturated heterocycles. The van der Waals surface area contributed by atoms with E-state index in [1.165, 1.54) is 21.9 Å². The minimum absolute atomic E-state index is 0.629. The van der Waals surface area contributed by atoms with Crippen LogP contribution < -0.4 is 4.90 Å². The molecule has 7 aromatic carbocycles. The highest BCUT2D eigenvalue weighted by molar-refractivity contribution is 6.01. The Kier molecular flexibility index (Phi) is 6.47. The number of hydrogen-bond donors (Lipinski definition) is 0. The first kappa shape index (κ1) is 25.8. The maximum atomic E-state index is 6.35. The molecule has 208 valence electrons. The summed E-state index contributed by atoms with van der Waals surface area (Å²) in [5.41, 5.74) is 10.4. The molecule has 0 saturated carbocycles. The predicted molar refractivity (Wildman–Crippen MR) is 183 cm³/mol. The number of rotatable bonds is 6. The van der Waals surface area contributed by atoms with Crippen molar-refractivity contribution in [3.05, 3.63) is 170 Å². The zero-order chi connectivity index (χ0) is 29.3. The third-order valence-electron chi connectivity index (χ3n) is 8.11. The Morgan fingerprint density at radius 1 is 0.432 bits per heavy atom. The van der Waals surface area contributed by atoms with Crippen molar-refractivity contribution in [2.45, 2.75) is 0 Å². The third kappa shape index (κ3) is 4.61. The first-order valence-corrected chi connectivity index (χ1v) is 14.8. The van der Waals surface area contributed by atoms with Crippen LogP contribution in [0.4, 0.5) is 17.1 Å². The van der Waals surface area contributed by atoms with Gasteiger partial charge in [-0.05, 0) is 59.0 Å². The summed E-state index contributed by atoms with van der Waals surface area (Å²) in [6.45, 7) is 0. The lowest BCUT2D eigenvalue weighted by Gasteiger charge is -2.29. The summed E-state index contributed by atoms with van der Waals surface area (Å²) in [6.07, 6.45) is 0. The van der Waals surface area contributed by atoms with E-state index in [0.29, 0.717) is 5.89 Å². The Labute approximate surface area is 256 Å². The number of fused-ring (bicyclic) bond motifs is 2. The van der Waals surface area contributed by atoms with Crippen LogP contribution in [-0.4, -0.2) is 4.98 Å². The fourth-order valence-corrected chi connectivity index (χ4v) is 6.01. The van der Waals surface area contributed by atoms with E-state index in [1.54, 1.807) is 0 Å². The maximum absolute atomic E-state index is 6.35. The quantitative estimate of drug-likeness (QED) is 0.201. The minimum atomic E-state index is 0.629. The van der Waals surface area contributed by atoms with Gasteiger partial charge in [-0.1, -0.05) is 127 Å². The first-order chi connectivity index (χ1) is 21.8. The highest BCUT2D eigenvalue weighted by Crippen LogP contribution is 2.44. The van der Waals surface area contributed by atoms with Crippen LogP contribution in [0.5, 0.6) is 0 Å². The maximum Gasteiger partial charge on any atom is 0.227 e. The van der Waals surface area contributed by atoms with Crippen LogP contribution in [0.1, 0.15) is 0 Å². The second-order valence-corrected chi connectivity index (χ2v) is 10.8. The summed E-state index contributed by atoms with van der Waals surface area (Å²) in [5, 5.41) is 2.40. The van der Waals surface area contributed by atoms with E-state index in [9.17, 15) is 0 Å². The fourth-order valence-electron chi connectivity index (χ4n) is 6.01. The van der Waals surface area contributed by atoms with Crippen molar-refractivity contribution in [1.82, 2.24) is 4.98 Å². The number of anilines is 3. The van der Waals surface area contributed by atoms with Crippen LogP contribution in [0, 0.1) is 0 Å². The summed E-state index contributed by atoms with van der Waals surface area (Å²) in [7, 11) is 0. The molecule has 3 heteroatoms. The Bertz CT molecular complexity index is 2210. The van der Waals surface area contributed by atoms with E-state index in [-0.39, 0.29) is 0 Å². The summed E-state index contributed by atoms with van der Waals surface area (Å²) in [6, 6.07) is 59.3. The molecular formula is C41H28N2O. The summed E-state index contributed by atoms with van der Waals surface area (Å²) in [4.78, 5) is 7.16. The van der Waals surface area contributed by atoms with E-state index in [1.807, 2.05) is 42.5 Å². The number of para-hydroxylation sites is 2. The number of oxazole rings is 1. The van der Waals surface area contributed by atoms with Crippen LogP contribution in [0.3, 0.4) is 0 Å². The van der Waals surface area contributed by atoms with E-state index in [4.69, 9.17) is 9.40 Å². The molecule has 0 bridgehead atoms. The monoisotopic (exact) mass is 564 g/mol. The molecule has 0 radical (unpaired) electrons. The van der Waals surface area contributed by atoms with Crippen molar-refractivity contribution in [1.29, 1.82) is 0 Å². The molecule has 0 spiro atoms. The number of nitrogens with zero attached hydrogens (tertiary/aromatic N) is 2. The molecule has 1 aromatic heterocycles. The Morgan fingerprint density at radius 2 is 1.02 bits per heavy atom. The van der Waals surface area contributed by atoms with Crippen molar-refractivity contribution >= 4 is 38.9 Å². The number of aromatic nitrogens is 1. The van der Waals surface area contributed by atoms with Gasteiger partial charge in [-0.3, -0.25) is 0 Å². The average molecular weight is 565 g/mol. The first-order valence-electron chi connectivity index (χ1n) is 14.8. The molecule has 44 heavy (non-hydrogen) atoms. The highest BCUT2D eigenvalue weighted by atomic mass is 16.3. The van der Waals surface area contributed by atoms with Gasteiger partial charge >= 0.3 is 0 Å². The minimum Gasteiger partial charge on any atom is -0.435 e. The molecule has 0 aliphatic carbocycles. The van der Waals surface area contributed by atoms with Crippen molar-refractivity contribution < 1.29 is 4.42 Å². The van der Waals surface area contributed by atoms with Gasteiger partial charge in [-0.15, -0.1) is 0 Å². The van der Waals surface area contributed by atoms with Gasteiger partial charge in [0.1, 0.15) is 5.52 Å². The second-order valence-electron chi connectivity index (χ2n) is 10.8. The lowest BCUT2D eigenvalue weighted by Crippen LogP contribution is -2.11. The van der Waals surface area contributed by atoms with E-state index in [0.717, 1.165) is 44.9 Å². The van der Waals surface area contributed by atoms with Gasteiger partial charge in [-0.2, -0.15) is 0 Å². The molecule has 0 fully saturated rings. The number of hydrogen-bond acceptors (Lipinski definition) is 3. The summed E-state index contributed by atoms with van der Waals surface area (Å²) in [5.74, 6) is 0.629. The summed E-state index contributed by atoms with van der Waals surface area (Å²) < 4.78 is 6.35. The van der Waals surface area contributed by atoms with Gasteiger partial charge in [0.05, 0.1) is 11.4 Å². The van der Waals surface area contributed by atoms with Gasteiger partial charge in [0.25, 0.3) is 0 Å². The normalized spacial score (nSPS) is 11.2. The molecule has 0 aliphatic rings. The van der Waals surface area contributed by atoms with Crippen molar-refractivity contribution in [3.8, 4) is 33.7 Å². The largest absolute Gasteiger partial charge is 0.435 e. The molecule has 8 rings (SSSR count). The fraction of sp³-hybridized carbons (Fsp3) is 0. The second kappa shape index (κ2) is 11.0. The Balaban J connectivity index is 1.28. The Morgan fingerprint density at radius 3 is 1.84 bits per heavy atom. The predicted octanol–water partition coefficient (Wildman–Crippen LogP) is 11.5. The van der Waals surface area contributed by atoms with E-state index >= 15 is 0 Å². The molecule has 3 nitrogen and oxygen atoms in total. The molecule has 0 amide bonds. The van der Waals surface area contributed by atoms with E-state index < -0.39 is 0 Å². The topological polar surface area (TPSA) is 29.3 Å². The molecular weight excluding hydrogens is 536 g/mol. The standard InChI is InChI=1S/C41H28N2O/c1-3-13-29(14-4-1)34-20-9-10-23-38(34)43(39-24-11-18-30-15-7-8-19-35(30)39)33-27-25-31(26-28-33)36-21-12-22-37-40(36)44-41(42-37)32-16-5-2-6-17-32/h1-28H. The lowest BCUT2D eigenvalue weighted by molar-refractivity contribution is 0.621. The van der Waals surface area contributed by atoms with Crippen LogP contribution in [0.25, 0.3) is 55.6 Å². The molecule has 0 N–H and O–H groups in total. The molecule has 1 heterocycles. The van der Waals surface area contributed by atoms with Gasteiger partial charge in [-0.25, -0.2) is 4.98 Å². The van der Waals surface area contributed by atoms with Gasteiger partial charge < -0.3 is 9.32 Å². The third-order valence-corrected chi connectivity index (χ3v) is 8.11. The van der Waals surface area contributed by atoms with Crippen LogP contribution in [0.15, 0.2) is 174 Å². The molecule has 0 aliphatic heterocycles. The highest BCUT2D eigenvalue weighted by Gasteiger charge is 2.19. The summed E-state index contributed by atoms with van der Waals surface area (Å²) >= 11 is 0. The van der Waals surface area contributed by atoms with Crippen molar-refractivity contribution in [2.75, 3.05) is 4.90 Å². The molecule has 0 unspecified atom stereocenters. The van der Waals surface area contributed by atoms with E-state index in [2.05, 4.69) is 132 Å². The number of benzene rings is 7. The van der Waals surface area contributed by atoms with Crippen molar-refractivity contribution in [2.24, 2.45) is 0 Å². The van der Waals surface area contributed by atoms with Gasteiger partial charge in [0.15, 0.2) is 5.58 Å². The van der Waals surface area contributed by atoms with Gasteiger partial charge in [0.2, 0.25) is 5.89 Å². The SMILES string of the molecule is c1ccc(-c2nc3cccc(-c4ccc(N(c5ccccc5-c5ccccc5)c5cccc6ccccc56)cc4)c3o2)cc1. The van der Waals surface area contributed by atoms with Crippen LogP contribution in [-0.2, 0) is 0 Å². The zero-order valence-electron chi connectivity index (χ0n) is 24.0. The molecule has 8 aromatic rings. The zero-order valence-corrected chi connectivity index (χ0v) is 24.0. The van der Waals surface area contributed by atoms with Crippen LogP contribution >= 0.6 is 0 Å². The lowest BCUT2D eigenvalue weighted by atomic mass is 9.99. The van der Waals surface area contributed by atoms with Crippen LogP contribution in [0.2, 0.25) is 0 Å². The van der Waals surface area contributed by atoms with Gasteiger partial charge in [0, 0.05) is 27.8 Å².